The standard InChI is InChI=1S/C22H19F2N5O/c23-22(24)7-12-27(13-8-22)21(30)17-14-16-6-11-28(20(16)25-15-17)18-2-4-19(5-3-18)29-10-1-9-26-29/h1-6,9-11,14-15H,7-8,12-13H2. The SMILES string of the molecule is O=C(c1cnc2c(ccn2-c2ccc(-n3cccn3)cc2)c1)N1CCC(F)(F)CC1. The topological polar surface area (TPSA) is 56.0 Å². The largest absolute Gasteiger partial charge is 0.338 e. The van der Waals surface area contributed by atoms with E-state index in [9.17, 15) is 13.6 Å². The van der Waals surface area contributed by atoms with E-state index in [-0.39, 0.29) is 31.8 Å². The maximum absolute atomic E-state index is 13.4. The second-order valence-corrected chi connectivity index (χ2v) is 7.44. The fourth-order valence-corrected chi connectivity index (χ4v) is 3.76. The monoisotopic (exact) mass is 407 g/mol. The van der Waals surface area contributed by atoms with Crippen LogP contribution in [-0.4, -0.2) is 49.2 Å². The van der Waals surface area contributed by atoms with E-state index in [1.807, 2.05) is 53.4 Å². The van der Waals surface area contributed by atoms with Gasteiger partial charge in [0.05, 0.1) is 11.3 Å². The molecule has 0 unspecified atom stereocenters. The van der Waals surface area contributed by atoms with E-state index in [1.54, 1.807) is 16.9 Å². The van der Waals surface area contributed by atoms with Gasteiger partial charge in [0.25, 0.3) is 11.8 Å². The normalized spacial score (nSPS) is 16.1. The number of aromatic nitrogens is 4. The van der Waals surface area contributed by atoms with Crippen LogP contribution in [0.1, 0.15) is 23.2 Å². The number of carbonyl (C=O) groups excluding carboxylic acids is 1. The van der Waals surface area contributed by atoms with Gasteiger partial charge in [-0.2, -0.15) is 5.10 Å². The number of rotatable bonds is 3. The van der Waals surface area contributed by atoms with Crippen molar-refractivity contribution in [2.45, 2.75) is 18.8 Å². The molecule has 4 heterocycles. The van der Waals surface area contributed by atoms with Crippen molar-refractivity contribution in [2.75, 3.05) is 13.1 Å². The maximum Gasteiger partial charge on any atom is 0.255 e. The van der Waals surface area contributed by atoms with Crippen molar-refractivity contribution in [1.29, 1.82) is 0 Å². The van der Waals surface area contributed by atoms with Gasteiger partial charge in [0.15, 0.2) is 0 Å². The van der Waals surface area contributed by atoms with Crippen molar-refractivity contribution >= 4 is 16.9 Å². The number of likely N-dealkylation sites (tertiary alicyclic amines) is 1. The summed E-state index contributed by atoms with van der Waals surface area (Å²) in [4.78, 5) is 18.7. The Kier molecular flexibility index (Phi) is 4.34. The molecule has 1 aliphatic heterocycles. The first kappa shape index (κ1) is 18.5. The number of nitrogens with zero attached hydrogens (tertiary/aromatic N) is 5. The molecule has 0 saturated carbocycles. The maximum atomic E-state index is 13.4. The zero-order valence-electron chi connectivity index (χ0n) is 16.1. The average Bonchev–Trinajstić information content (AvgIpc) is 3.43. The third kappa shape index (κ3) is 3.34. The molecule has 1 aliphatic rings. The molecule has 0 aliphatic carbocycles. The molecule has 0 spiro atoms. The highest BCUT2D eigenvalue weighted by atomic mass is 19.3. The Bertz CT molecular complexity index is 1190. The summed E-state index contributed by atoms with van der Waals surface area (Å²) >= 11 is 0. The van der Waals surface area contributed by atoms with E-state index in [1.165, 1.54) is 11.1 Å². The molecule has 0 atom stereocenters. The van der Waals surface area contributed by atoms with Crippen molar-refractivity contribution in [3.05, 3.63) is 72.8 Å². The molecule has 3 aromatic heterocycles. The number of hydrogen-bond donors (Lipinski definition) is 0. The van der Waals surface area contributed by atoms with E-state index in [0.717, 1.165) is 22.4 Å². The van der Waals surface area contributed by atoms with Gasteiger partial charge in [0.1, 0.15) is 5.65 Å². The lowest BCUT2D eigenvalue weighted by Gasteiger charge is -2.31. The summed E-state index contributed by atoms with van der Waals surface area (Å²) in [5.41, 5.74) is 3.03. The van der Waals surface area contributed by atoms with Gasteiger partial charge in [-0.15, -0.1) is 0 Å². The Morgan fingerprint density at radius 1 is 1.00 bits per heavy atom. The zero-order valence-corrected chi connectivity index (χ0v) is 16.1. The predicted octanol–water partition coefficient (Wildman–Crippen LogP) is 4.08. The van der Waals surface area contributed by atoms with Crippen molar-refractivity contribution in [3.63, 3.8) is 0 Å². The molecule has 0 N–H and O–H groups in total. The summed E-state index contributed by atoms with van der Waals surface area (Å²) in [6, 6.07) is 13.4. The van der Waals surface area contributed by atoms with Gasteiger partial charge in [-0.05, 0) is 42.5 Å². The summed E-state index contributed by atoms with van der Waals surface area (Å²) < 4.78 is 30.4. The minimum absolute atomic E-state index is 0.0630. The van der Waals surface area contributed by atoms with Crippen LogP contribution < -0.4 is 0 Å². The van der Waals surface area contributed by atoms with Gasteiger partial charge < -0.3 is 9.47 Å². The van der Waals surface area contributed by atoms with Gasteiger partial charge in [-0.3, -0.25) is 4.79 Å². The third-order valence-electron chi connectivity index (χ3n) is 5.45. The molecular formula is C22H19F2N5O. The minimum atomic E-state index is -2.68. The van der Waals surface area contributed by atoms with Crippen LogP contribution in [0.2, 0.25) is 0 Å². The fraction of sp³-hybridized carbons (Fsp3) is 0.227. The number of piperidine rings is 1. The smallest absolute Gasteiger partial charge is 0.255 e. The third-order valence-corrected chi connectivity index (χ3v) is 5.45. The highest BCUT2D eigenvalue weighted by molar-refractivity contribution is 5.97. The second kappa shape index (κ2) is 7.05. The number of pyridine rings is 1. The van der Waals surface area contributed by atoms with E-state index in [4.69, 9.17) is 0 Å². The zero-order chi connectivity index (χ0) is 20.7. The average molecular weight is 407 g/mol. The fourth-order valence-electron chi connectivity index (χ4n) is 3.76. The van der Waals surface area contributed by atoms with Gasteiger partial charge in [0.2, 0.25) is 0 Å². The van der Waals surface area contributed by atoms with Gasteiger partial charge >= 0.3 is 0 Å². The number of fused-ring (bicyclic) bond motifs is 1. The van der Waals surface area contributed by atoms with Crippen LogP contribution in [-0.2, 0) is 0 Å². The Morgan fingerprint density at radius 3 is 2.43 bits per heavy atom. The molecule has 30 heavy (non-hydrogen) atoms. The van der Waals surface area contributed by atoms with Crippen LogP contribution in [0.25, 0.3) is 22.4 Å². The van der Waals surface area contributed by atoms with Crippen LogP contribution in [0.4, 0.5) is 8.78 Å². The number of amides is 1. The highest BCUT2D eigenvalue weighted by Gasteiger charge is 2.35. The predicted molar refractivity (Wildman–Crippen MR) is 108 cm³/mol. The summed E-state index contributed by atoms with van der Waals surface area (Å²) in [6.07, 6.45) is 6.44. The van der Waals surface area contributed by atoms with Crippen LogP contribution >= 0.6 is 0 Å². The molecule has 6 nitrogen and oxygen atoms in total. The Hall–Kier alpha value is -3.55. The van der Waals surface area contributed by atoms with Gasteiger partial charge in [0, 0.05) is 61.8 Å². The lowest BCUT2D eigenvalue weighted by atomic mass is 10.1. The number of hydrogen-bond acceptors (Lipinski definition) is 3. The molecule has 1 aromatic carbocycles. The number of halogens is 2. The molecule has 1 amide bonds. The highest BCUT2D eigenvalue weighted by Crippen LogP contribution is 2.29. The lowest BCUT2D eigenvalue weighted by Crippen LogP contribution is -2.42. The van der Waals surface area contributed by atoms with E-state index in [2.05, 4.69) is 10.1 Å². The molecule has 0 radical (unpaired) electrons. The first-order valence-electron chi connectivity index (χ1n) is 9.75. The Labute approximate surface area is 171 Å². The molecule has 4 aromatic rings. The van der Waals surface area contributed by atoms with E-state index in [0.29, 0.717) is 5.56 Å². The minimum Gasteiger partial charge on any atom is -0.338 e. The van der Waals surface area contributed by atoms with E-state index < -0.39 is 5.92 Å². The quantitative estimate of drug-likeness (QED) is 0.514. The molecular weight excluding hydrogens is 388 g/mol. The number of carbonyl (C=O) groups is 1. The van der Waals surface area contributed by atoms with Crippen LogP contribution in [0, 0.1) is 0 Å². The summed E-state index contributed by atoms with van der Waals surface area (Å²) in [5, 5.41) is 5.04. The second-order valence-electron chi connectivity index (χ2n) is 7.44. The Balaban J connectivity index is 1.39. The van der Waals surface area contributed by atoms with Crippen LogP contribution in [0.15, 0.2) is 67.3 Å². The first-order valence-corrected chi connectivity index (χ1v) is 9.75. The number of alkyl halides is 2. The van der Waals surface area contributed by atoms with E-state index >= 15 is 0 Å². The van der Waals surface area contributed by atoms with Crippen molar-refractivity contribution in [3.8, 4) is 11.4 Å². The Morgan fingerprint density at radius 2 is 1.73 bits per heavy atom. The summed E-state index contributed by atoms with van der Waals surface area (Å²) in [7, 11) is 0. The van der Waals surface area contributed by atoms with Crippen LogP contribution in [0.3, 0.4) is 0 Å². The molecule has 0 bridgehead atoms. The van der Waals surface area contributed by atoms with Gasteiger partial charge in [-0.1, -0.05) is 0 Å². The van der Waals surface area contributed by atoms with Gasteiger partial charge in [-0.25, -0.2) is 18.4 Å². The van der Waals surface area contributed by atoms with Crippen molar-refractivity contribution in [2.24, 2.45) is 0 Å². The first-order chi connectivity index (χ1) is 14.5. The van der Waals surface area contributed by atoms with Crippen molar-refractivity contribution < 1.29 is 13.6 Å². The number of benzene rings is 1. The summed E-state index contributed by atoms with van der Waals surface area (Å²) in [5.74, 6) is -2.93. The molecule has 8 heteroatoms. The molecule has 5 rings (SSSR count). The van der Waals surface area contributed by atoms with Crippen LogP contribution in [0.5, 0.6) is 0 Å². The molecule has 1 fully saturated rings. The molecule has 152 valence electrons. The molecule has 1 saturated heterocycles. The lowest BCUT2D eigenvalue weighted by molar-refractivity contribution is -0.0494. The van der Waals surface area contributed by atoms with Crippen molar-refractivity contribution in [1.82, 2.24) is 24.2 Å². The summed E-state index contributed by atoms with van der Waals surface area (Å²) in [6.45, 7) is 0.126.